The minimum atomic E-state index is -0.294. The summed E-state index contributed by atoms with van der Waals surface area (Å²) in [6, 6.07) is 0. The van der Waals surface area contributed by atoms with Crippen LogP contribution in [0.15, 0.2) is 107 Å². The number of hydrogen-bond acceptors (Lipinski definition) is 4. The molecule has 0 bridgehead atoms. The van der Waals surface area contributed by atoms with E-state index in [9.17, 15) is 10.2 Å². The second-order valence-electron chi connectivity index (χ2n) is 15.4. The van der Waals surface area contributed by atoms with Crippen LogP contribution in [0.3, 0.4) is 0 Å². The van der Waals surface area contributed by atoms with Crippen molar-refractivity contribution in [1.29, 1.82) is 0 Å². The molecule has 6 atom stereocenters. The van der Waals surface area contributed by atoms with Crippen molar-refractivity contribution in [3.63, 3.8) is 0 Å². The van der Waals surface area contributed by atoms with Gasteiger partial charge in [0, 0.05) is 23.7 Å². The number of aliphatic hydroxyl groups excluding tert-OH is 2. The molecule has 4 fully saturated rings. The highest BCUT2D eigenvalue weighted by molar-refractivity contribution is 5.38. The van der Waals surface area contributed by atoms with Crippen molar-refractivity contribution in [2.75, 3.05) is 0 Å². The normalized spacial score (nSPS) is 39.2. The van der Waals surface area contributed by atoms with E-state index in [-0.39, 0.29) is 45.4 Å². The van der Waals surface area contributed by atoms with Gasteiger partial charge < -0.3 is 19.7 Å². The third-order valence-electron chi connectivity index (χ3n) is 10.4. The lowest BCUT2D eigenvalue weighted by atomic mass is 9.63. The topological polar surface area (TPSA) is 65.5 Å². The van der Waals surface area contributed by atoms with Crippen LogP contribution in [0.1, 0.15) is 94.9 Å². The Balaban J connectivity index is 1.25. The Morgan fingerprint density at radius 2 is 0.818 bits per heavy atom. The van der Waals surface area contributed by atoms with Gasteiger partial charge in [-0.1, -0.05) is 123 Å². The van der Waals surface area contributed by atoms with E-state index in [0.29, 0.717) is 12.8 Å². The summed E-state index contributed by atoms with van der Waals surface area (Å²) in [6.07, 6.45) is 32.0. The lowest BCUT2D eigenvalue weighted by Gasteiger charge is -2.39. The first-order valence-electron chi connectivity index (χ1n) is 16.3. The maximum absolute atomic E-state index is 10.3. The number of allylic oxidation sites excluding steroid dienone is 16. The van der Waals surface area contributed by atoms with Gasteiger partial charge in [0.05, 0.1) is 12.2 Å². The molecule has 44 heavy (non-hydrogen) atoms. The Bertz CT molecular complexity index is 1270. The van der Waals surface area contributed by atoms with Crippen LogP contribution in [-0.4, -0.2) is 44.8 Å². The zero-order valence-corrected chi connectivity index (χ0v) is 28.8. The van der Waals surface area contributed by atoms with Crippen LogP contribution in [0.4, 0.5) is 0 Å². The Morgan fingerprint density at radius 1 is 0.500 bits per heavy atom. The third-order valence-corrected chi connectivity index (χ3v) is 10.4. The number of epoxide rings is 2. The van der Waals surface area contributed by atoms with Crippen LogP contribution in [0.2, 0.25) is 0 Å². The number of fused-ring (bicyclic) bond motifs is 2. The van der Waals surface area contributed by atoms with E-state index >= 15 is 0 Å². The predicted molar refractivity (Wildman–Crippen MR) is 183 cm³/mol. The molecule has 2 heterocycles. The number of rotatable bonds is 10. The van der Waals surface area contributed by atoms with Crippen LogP contribution < -0.4 is 0 Å². The summed E-state index contributed by atoms with van der Waals surface area (Å²) < 4.78 is 12.5. The fourth-order valence-electron chi connectivity index (χ4n) is 7.99. The SMILES string of the molecule is CC(/C=C/C=C(C)/C=C/[C@@]12O[C@]1(C)C[C@H](O)CC2(C)C)=C\C=C\C=C(C)\C=C\C=C(C)\C=C\[C@@]12O[C@]1(C)C[C@@H](O)CC2(C)C. The van der Waals surface area contributed by atoms with Gasteiger partial charge in [0.25, 0.3) is 0 Å². The molecule has 4 nitrogen and oxygen atoms in total. The van der Waals surface area contributed by atoms with Crippen molar-refractivity contribution >= 4 is 0 Å². The fourth-order valence-corrected chi connectivity index (χ4v) is 7.99. The molecule has 4 rings (SSSR count). The monoisotopic (exact) mass is 600 g/mol. The standard InChI is InChI=1S/C40H56O4/c1-29(17-13-19-31(3)21-23-39-35(5,6)25-33(41)27-37(39,9)43-39)15-11-12-16-30(2)18-14-20-32(4)22-24-40-36(7,8)26-34(42)28-38(40,10)44-40/h11-24,33-34,41-42H,25-28H2,1-10H3/b12-11+,17-13+,18-14+,23-21+,24-22+,29-15+,30-16+,31-19+,32-20+/t33-,34+,37-,38-,39+,40+/m1/s1. The first-order valence-corrected chi connectivity index (χ1v) is 16.3. The Kier molecular flexibility index (Phi) is 9.66. The van der Waals surface area contributed by atoms with Gasteiger partial charge in [-0.2, -0.15) is 0 Å². The van der Waals surface area contributed by atoms with E-state index < -0.39 is 0 Å². The summed E-state index contributed by atoms with van der Waals surface area (Å²) in [5, 5.41) is 20.5. The number of ether oxygens (including phenoxy) is 2. The minimum absolute atomic E-state index is 0.0969. The highest BCUT2D eigenvalue weighted by Crippen LogP contribution is 2.67. The molecule has 2 N–H and O–H groups in total. The maximum Gasteiger partial charge on any atom is 0.121 e. The van der Waals surface area contributed by atoms with Gasteiger partial charge in [-0.15, -0.1) is 0 Å². The quantitative estimate of drug-likeness (QED) is 0.194. The number of aliphatic hydroxyl groups is 2. The van der Waals surface area contributed by atoms with Crippen LogP contribution >= 0.6 is 0 Å². The summed E-state index contributed by atoms with van der Waals surface area (Å²) in [6.45, 7) is 21.4. The molecule has 2 aliphatic carbocycles. The molecule has 240 valence electrons. The molecule has 0 aromatic rings. The van der Waals surface area contributed by atoms with Gasteiger partial charge in [0.15, 0.2) is 0 Å². The van der Waals surface area contributed by atoms with Crippen molar-refractivity contribution < 1.29 is 19.7 Å². The first-order chi connectivity index (χ1) is 20.4. The zero-order chi connectivity index (χ0) is 32.6. The third kappa shape index (κ3) is 6.84. The molecule has 0 radical (unpaired) electrons. The summed E-state index contributed by atoms with van der Waals surface area (Å²) in [5.41, 5.74) is 3.36. The van der Waals surface area contributed by atoms with Crippen molar-refractivity contribution in [2.45, 2.75) is 130 Å². The summed E-state index contributed by atoms with van der Waals surface area (Å²) in [5.74, 6) is 0. The molecule has 4 aliphatic rings. The van der Waals surface area contributed by atoms with Gasteiger partial charge in [-0.25, -0.2) is 0 Å². The summed E-state index contributed by atoms with van der Waals surface area (Å²) >= 11 is 0. The summed E-state index contributed by atoms with van der Waals surface area (Å²) in [7, 11) is 0. The molecule has 0 spiro atoms. The van der Waals surface area contributed by atoms with E-state index in [2.05, 4.69) is 154 Å². The Morgan fingerprint density at radius 3 is 1.16 bits per heavy atom. The molecule has 0 amide bonds. The fraction of sp³-hybridized carbons (Fsp3) is 0.550. The average molecular weight is 601 g/mol. The highest BCUT2D eigenvalue weighted by Gasteiger charge is 2.75. The van der Waals surface area contributed by atoms with E-state index in [1.807, 2.05) is 0 Å². The molecule has 2 saturated heterocycles. The molecular weight excluding hydrogens is 544 g/mol. The summed E-state index contributed by atoms with van der Waals surface area (Å²) in [4.78, 5) is 0. The predicted octanol–water partition coefficient (Wildman–Crippen LogP) is 8.97. The molecule has 0 aromatic heterocycles. The van der Waals surface area contributed by atoms with Crippen molar-refractivity contribution in [2.24, 2.45) is 10.8 Å². The van der Waals surface area contributed by atoms with Gasteiger partial charge >= 0.3 is 0 Å². The van der Waals surface area contributed by atoms with Crippen molar-refractivity contribution in [3.05, 3.63) is 107 Å². The van der Waals surface area contributed by atoms with Crippen molar-refractivity contribution in [3.8, 4) is 0 Å². The molecule has 2 saturated carbocycles. The largest absolute Gasteiger partial charge is 0.393 e. The maximum atomic E-state index is 10.3. The van der Waals surface area contributed by atoms with Crippen LogP contribution in [-0.2, 0) is 9.47 Å². The smallest absolute Gasteiger partial charge is 0.121 e. The average Bonchev–Trinajstić information content (AvgIpc) is 3.73. The van der Waals surface area contributed by atoms with E-state index in [1.54, 1.807) is 0 Å². The lowest BCUT2D eigenvalue weighted by molar-refractivity contribution is 0.0510. The minimum Gasteiger partial charge on any atom is -0.393 e. The van der Waals surface area contributed by atoms with Gasteiger partial charge in [0.2, 0.25) is 0 Å². The second-order valence-corrected chi connectivity index (χ2v) is 15.4. The van der Waals surface area contributed by atoms with E-state index in [4.69, 9.17) is 9.47 Å². The van der Waals surface area contributed by atoms with E-state index in [0.717, 1.165) is 12.8 Å². The molecule has 0 aromatic carbocycles. The molecule has 0 unspecified atom stereocenters. The number of hydrogen-bond donors (Lipinski definition) is 2. The molecular formula is C40H56O4. The van der Waals surface area contributed by atoms with Gasteiger partial charge in [0.1, 0.15) is 22.4 Å². The zero-order valence-electron chi connectivity index (χ0n) is 28.8. The lowest BCUT2D eigenvalue weighted by Crippen LogP contribution is -2.46. The van der Waals surface area contributed by atoms with Crippen molar-refractivity contribution in [1.82, 2.24) is 0 Å². The Hall–Kier alpha value is -2.50. The van der Waals surface area contributed by atoms with Crippen LogP contribution in [0.5, 0.6) is 0 Å². The Labute approximate surface area is 267 Å². The van der Waals surface area contributed by atoms with E-state index in [1.165, 1.54) is 22.3 Å². The first kappa shape index (κ1) is 34.4. The van der Waals surface area contributed by atoms with Crippen LogP contribution in [0, 0.1) is 10.8 Å². The molecule has 4 heteroatoms. The van der Waals surface area contributed by atoms with Crippen LogP contribution in [0.25, 0.3) is 0 Å². The molecule has 2 aliphatic heterocycles. The highest BCUT2D eigenvalue weighted by atomic mass is 16.6. The van der Waals surface area contributed by atoms with Gasteiger partial charge in [-0.05, 0) is 66.5 Å². The second kappa shape index (κ2) is 12.4. The van der Waals surface area contributed by atoms with Gasteiger partial charge in [-0.3, -0.25) is 0 Å².